The molecule has 2 aromatic carbocycles. The minimum atomic E-state index is -0.0940. The maximum atomic E-state index is 15.1. The summed E-state index contributed by atoms with van der Waals surface area (Å²) in [6.07, 6.45) is 16.3. The van der Waals surface area contributed by atoms with Gasteiger partial charge in [-0.1, -0.05) is 49.1 Å². The van der Waals surface area contributed by atoms with Gasteiger partial charge in [0.1, 0.15) is 18.2 Å². The number of hydrogen-bond acceptors (Lipinski definition) is 1. The summed E-state index contributed by atoms with van der Waals surface area (Å²) in [6.45, 7) is 6.24. The quantitative estimate of drug-likeness (QED) is 0.300. The molecule has 0 heterocycles. The molecule has 2 aliphatic rings. The van der Waals surface area contributed by atoms with Gasteiger partial charge in [0.15, 0.2) is 0 Å². The Morgan fingerprint density at radius 2 is 1.71 bits per heavy atom. The zero-order valence-electron chi connectivity index (χ0n) is 20.4. The number of halogens is 1. The first-order valence-corrected chi connectivity index (χ1v) is 12.9. The van der Waals surface area contributed by atoms with Crippen molar-refractivity contribution in [1.82, 2.24) is 0 Å². The molecule has 0 bridgehead atoms. The second-order valence-corrected chi connectivity index (χ2v) is 9.97. The Labute approximate surface area is 205 Å². The van der Waals surface area contributed by atoms with E-state index in [9.17, 15) is 0 Å². The summed E-state index contributed by atoms with van der Waals surface area (Å²) >= 11 is 0. The summed E-state index contributed by atoms with van der Waals surface area (Å²) < 4.78 is 20.6. The van der Waals surface area contributed by atoms with E-state index in [1.54, 1.807) is 12.1 Å². The van der Waals surface area contributed by atoms with Crippen LogP contribution in [0.4, 0.5) is 4.39 Å². The second-order valence-electron chi connectivity index (χ2n) is 9.97. The van der Waals surface area contributed by atoms with Gasteiger partial charge >= 0.3 is 0 Å². The van der Waals surface area contributed by atoms with Crippen LogP contribution in [0.15, 0.2) is 67.3 Å². The van der Waals surface area contributed by atoms with E-state index >= 15 is 4.39 Å². The van der Waals surface area contributed by atoms with E-state index in [0.717, 1.165) is 53.0 Å². The maximum Gasteiger partial charge on any atom is 0.127 e. The molecule has 0 aliphatic heterocycles. The summed E-state index contributed by atoms with van der Waals surface area (Å²) in [5.74, 6) is 9.81. The summed E-state index contributed by atoms with van der Waals surface area (Å²) in [6, 6.07) is 13.2. The molecule has 2 aromatic rings. The van der Waals surface area contributed by atoms with Gasteiger partial charge in [-0.2, -0.15) is 0 Å². The van der Waals surface area contributed by atoms with Crippen LogP contribution in [0.1, 0.15) is 80.9 Å². The van der Waals surface area contributed by atoms with Crippen molar-refractivity contribution >= 4 is 0 Å². The molecule has 0 amide bonds. The van der Waals surface area contributed by atoms with Gasteiger partial charge in [-0.15, -0.1) is 0 Å². The van der Waals surface area contributed by atoms with Gasteiger partial charge < -0.3 is 4.74 Å². The predicted molar refractivity (Wildman–Crippen MR) is 139 cm³/mol. The van der Waals surface area contributed by atoms with Crippen LogP contribution in [0.3, 0.4) is 0 Å². The largest absolute Gasteiger partial charge is 0.490 e. The molecule has 0 N–H and O–H groups in total. The molecule has 0 spiro atoms. The van der Waals surface area contributed by atoms with Gasteiger partial charge in [0.05, 0.1) is 0 Å². The fourth-order valence-electron chi connectivity index (χ4n) is 5.90. The van der Waals surface area contributed by atoms with Gasteiger partial charge in [-0.05, 0) is 118 Å². The number of allylic oxidation sites excluding steroid dienone is 2. The molecular weight excluding hydrogens is 419 g/mol. The molecule has 4 rings (SSSR count). The Morgan fingerprint density at radius 3 is 2.47 bits per heavy atom. The van der Waals surface area contributed by atoms with Crippen molar-refractivity contribution in [2.75, 3.05) is 6.61 Å². The summed E-state index contributed by atoms with van der Waals surface area (Å²) in [5, 5.41) is 0. The van der Waals surface area contributed by atoms with Crippen molar-refractivity contribution in [3.8, 4) is 17.6 Å². The average molecular weight is 457 g/mol. The number of benzene rings is 2. The topological polar surface area (TPSA) is 9.23 Å². The monoisotopic (exact) mass is 456 g/mol. The van der Waals surface area contributed by atoms with Crippen LogP contribution in [0.2, 0.25) is 0 Å². The first-order valence-electron chi connectivity index (χ1n) is 12.9. The molecule has 2 aliphatic carbocycles. The van der Waals surface area contributed by atoms with E-state index in [2.05, 4.69) is 37.5 Å². The summed E-state index contributed by atoms with van der Waals surface area (Å²) in [7, 11) is 0. The van der Waals surface area contributed by atoms with E-state index in [1.807, 2.05) is 36.4 Å². The van der Waals surface area contributed by atoms with Crippen molar-refractivity contribution in [3.05, 3.63) is 89.8 Å². The first kappa shape index (κ1) is 24.3. The maximum absolute atomic E-state index is 15.1. The Hall–Kier alpha value is -2.79. The Bertz CT molecular complexity index is 1040. The van der Waals surface area contributed by atoms with Crippen LogP contribution in [-0.2, 0) is 0 Å². The Kier molecular flexibility index (Phi) is 8.64. The molecular formula is C32H37FO. The molecule has 2 fully saturated rings. The van der Waals surface area contributed by atoms with Gasteiger partial charge in [-0.25, -0.2) is 4.39 Å². The van der Waals surface area contributed by atoms with Gasteiger partial charge in [0.25, 0.3) is 0 Å². The predicted octanol–water partition coefficient (Wildman–Crippen LogP) is 8.45. The Balaban J connectivity index is 1.34. The van der Waals surface area contributed by atoms with Crippen LogP contribution >= 0.6 is 0 Å². The molecule has 4 atom stereocenters. The SMILES string of the molecule is C=CCOc1ccc(C#Cc2ccc(C3CCC4CC(CC/C=C/C)CCC4C3)c(F)c2)cc1. The van der Waals surface area contributed by atoms with Crippen molar-refractivity contribution in [2.45, 2.75) is 64.2 Å². The number of ether oxygens (including phenoxy) is 1. The zero-order chi connectivity index (χ0) is 23.8. The third-order valence-electron chi connectivity index (χ3n) is 7.71. The highest BCUT2D eigenvalue weighted by Gasteiger charge is 2.36. The molecule has 0 saturated heterocycles. The standard InChI is InChI=1S/C32H37FO/c1-3-5-6-7-25-10-14-28-23-29(16-15-27(28)21-25)31-19-13-26(22-32(31)33)9-8-24-11-17-30(18-12-24)34-20-4-2/h3-5,11-13,17-19,22,25,27-29H,2,6-7,10,14-16,20-21,23H2,1H3/b5-3+. The van der Waals surface area contributed by atoms with Crippen molar-refractivity contribution in [3.63, 3.8) is 0 Å². The van der Waals surface area contributed by atoms with Crippen molar-refractivity contribution in [1.29, 1.82) is 0 Å². The molecule has 34 heavy (non-hydrogen) atoms. The fraction of sp³-hybridized carbons (Fsp3) is 0.438. The molecule has 178 valence electrons. The van der Waals surface area contributed by atoms with Crippen LogP contribution in [0, 0.1) is 35.4 Å². The zero-order valence-corrected chi connectivity index (χ0v) is 20.4. The third kappa shape index (κ3) is 6.41. The Morgan fingerprint density at radius 1 is 0.971 bits per heavy atom. The first-order chi connectivity index (χ1) is 16.7. The summed E-state index contributed by atoms with van der Waals surface area (Å²) in [5.41, 5.74) is 2.50. The fourth-order valence-corrected chi connectivity index (χ4v) is 5.90. The van der Waals surface area contributed by atoms with Crippen LogP contribution in [0.25, 0.3) is 0 Å². The molecule has 2 heteroatoms. The van der Waals surface area contributed by atoms with E-state index < -0.39 is 0 Å². The molecule has 0 radical (unpaired) electrons. The molecule has 0 aromatic heterocycles. The highest BCUT2D eigenvalue weighted by Crippen LogP contribution is 2.48. The lowest BCUT2D eigenvalue weighted by atomic mass is 9.63. The van der Waals surface area contributed by atoms with Crippen LogP contribution < -0.4 is 4.74 Å². The van der Waals surface area contributed by atoms with Crippen molar-refractivity contribution < 1.29 is 9.13 Å². The summed E-state index contributed by atoms with van der Waals surface area (Å²) in [4.78, 5) is 0. The lowest BCUT2D eigenvalue weighted by Gasteiger charge is -2.42. The number of hydrogen-bond donors (Lipinski definition) is 0. The number of rotatable bonds is 7. The average Bonchev–Trinajstić information content (AvgIpc) is 2.87. The van der Waals surface area contributed by atoms with Crippen molar-refractivity contribution in [2.24, 2.45) is 17.8 Å². The van der Waals surface area contributed by atoms with E-state index in [0.29, 0.717) is 12.5 Å². The minimum Gasteiger partial charge on any atom is -0.490 e. The van der Waals surface area contributed by atoms with Gasteiger partial charge in [0.2, 0.25) is 0 Å². The van der Waals surface area contributed by atoms with E-state index in [1.165, 1.54) is 38.5 Å². The number of fused-ring (bicyclic) bond motifs is 1. The highest BCUT2D eigenvalue weighted by molar-refractivity contribution is 5.45. The molecule has 4 unspecified atom stereocenters. The molecule has 2 saturated carbocycles. The second kappa shape index (κ2) is 12.1. The lowest BCUT2D eigenvalue weighted by molar-refractivity contribution is 0.114. The van der Waals surface area contributed by atoms with E-state index in [-0.39, 0.29) is 5.82 Å². The smallest absolute Gasteiger partial charge is 0.127 e. The minimum absolute atomic E-state index is 0.0940. The van der Waals surface area contributed by atoms with Gasteiger partial charge in [-0.3, -0.25) is 0 Å². The molecule has 1 nitrogen and oxygen atoms in total. The lowest BCUT2D eigenvalue weighted by Crippen LogP contribution is -2.30. The van der Waals surface area contributed by atoms with Gasteiger partial charge in [0, 0.05) is 11.1 Å². The third-order valence-corrected chi connectivity index (χ3v) is 7.71. The van der Waals surface area contributed by atoms with Crippen LogP contribution in [0.5, 0.6) is 5.75 Å². The normalized spacial score (nSPS) is 24.2. The van der Waals surface area contributed by atoms with E-state index in [4.69, 9.17) is 4.74 Å². The van der Waals surface area contributed by atoms with Crippen LogP contribution in [-0.4, -0.2) is 6.61 Å². The highest BCUT2D eigenvalue weighted by atomic mass is 19.1.